The zero-order valence-corrected chi connectivity index (χ0v) is 14.4. The molecule has 0 aliphatic rings. The number of rotatable bonds is 4. The van der Waals surface area contributed by atoms with E-state index in [-0.39, 0.29) is 6.04 Å². The molecule has 0 aliphatic carbocycles. The summed E-state index contributed by atoms with van der Waals surface area (Å²) in [4.78, 5) is 15.6. The highest BCUT2D eigenvalue weighted by Crippen LogP contribution is 2.26. The van der Waals surface area contributed by atoms with Crippen LogP contribution in [0.4, 0.5) is 10.5 Å². The molecular weight excluding hydrogens is 313 g/mol. The second-order valence-electron chi connectivity index (χ2n) is 5.86. The topological polar surface area (TPSA) is 63.2 Å². The minimum Gasteiger partial charge on any atom is -0.444 e. The lowest BCUT2D eigenvalue weighted by Gasteiger charge is -2.22. The summed E-state index contributed by atoms with van der Waals surface area (Å²) in [6.45, 7) is 9.65. The summed E-state index contributed by atoms with van der Waals surface area (Å²) in [6.07, 6.45) is -0.451. The Bertz CT molecular complexity index is 492. The Balaban J connectivity index is 2.55. The number of anilines is 1. The molecule has 1 aromatic heterocycles. The number of hydrogen-bond donors (Lipinski definition) is 2. The molecule has 1 heterocycles. The largest absolute Gasteiger partial charge is 0.444 e. The summed E-state index contributed by atoms with van der Waals surface area (Å²) >= 11 is 11.9. The van der Waals surface area contributed by atoms with Crippen molar-refractivity contribution in [1.29, 1.82) is 0 Å². The fourth-order valence-electron chi connectivity index (χ4n) is 1.62. The van der Waals surface area contributed by atoms with Gasteiger partial charge in [-0.25, -0.2) is 9.78 Å². The van der Waals surface area contributed by atoms with Gasteiger partial charge in [0.25, 0.3) is 0 Å². The quantitative estimate of drug-likeness (QED) is 0.816. The van der Waals surface area contributed by atoms with Gasteiger partial charge in [0.15, 0.2) is 5.15 Å². The molecule has 0 aliphatic heterocycles. The van der Waals surface area contributed by atoms with Crippen LogP contribution in [0, 0.1) is 6.92 Å². The first-order valence-corrected chi connectivity index (χ1v) is 7.40. The van der Waals surface area contributed by atoms with E-state index >= 15 is 0 Å². The highest BCUT2D eigenvalue weighted by atomic mass is 35.5. The van der Waals surface area contributed by atoms with E-state index in [2.05, 4.69) is 15.6 Å². The molecule has 1 rings (SSSR count). The molecule has 0 fully saturated rings. The van der Waals surface area contributed by atoms with Crippen molar-refractivity contribution in [2.75, 3.05) is 11.9 Å². The van der Waals surface area contributed by atoms with E-state index in [1.165, 1.54) is 0 Å². The maximum atomic E-state index is 11.6. The molecule has 1 amide bonds. The molecule has 1 aromatic rings. The molecule has 0 bridgehead atoms. The van der Waals surface area contributed by atoms with E-state index in [1.54, 1.807) is 6.07 Å². The van der Waals surface area contributed by atoms with Crippen LogP contribution >= 0.6 is 23.2 Å². The lowest BCUT2D eigenvalue weighted by atomic mass is 10.2. The number of carbonyl (C=O) groups is 1. The number of hydrogen-bond acceptors (Lipinski definition) is 4. The predicted molar refractivity (Wildman–Crippen MR) is 86.3 cm³/mol. The van der Waals surface area contributed by atoms with E-state index < -0.39 is 11.7 Å². The van der Waals surface area contributed by atoms with E-state index in [9.17, 15) is 4.79 Å². The van der Waals surface area contributed by atoms with Crippen molar-refractivity contribution >= 4 is 35.0 Å². The fraction of sp³-hybridized carbons (Fsp3) is 0.571. The number of aryl methyl sites for hydroxylation is 1. The zero-order valence-electron chi connectivity index (χ0n) is 12.9. The number of amides is 1. The second-order valence-corrected chi connectivity index (χ2v) is 6.60. The van der Waals surface area contributed by atoms with E-state index in [0.29, 0.717) is 22.5 Å². The summed E-state index contributed by atoms with van der Waals surface area (Å²) in [7, 11) is 0. The van der Waals surface area contributed by atoms with E-state index in [4.69, 9.17) is 27.9 Å². The maximum absolute atomic E-state index is 11.6. The van der Waals surface area contributed by atoms with Crippen LogP contribution in [0.1, 0.15) is 33.3 Å². The van der Waals surface area contributed by atoms with Gasteiger partial charge in [-0.1, -0.05) is 23.2 Å². The first kappa shape index (κ1) is 17.9. The fourth-order valence-corrected chi connectivity index (χ4v) is 2.20. The van der Waals surface area contributed by atoms with Crippen molar-refractivity contribution in [3.63, 3.8) is 0 Å². The van der Waals surface area contributed by atoms with Crippen LogP contribution in [0.2, 0.25) is 10.3 Å². The van der Waals surface area contributed by atoms with Crippen LogP contribution in [0.5, 0.6) is 0 Å². The third-order valence-electron chi connectivity index (χ3n) is 2.48. The molecule has 118 valence electrons. The van der Waals surface area contributed by atoms with Gasteiger partial charge in [-0.2, -0.15) is 0 Å². The summed E-state index contributed by atoms with van der Waals surface area (Å²) in [5.74, 6) is 0. The molecule has 0 saturated carbocycles. The number of nitrogens with zero attached hydrogens (tertiary/aromatic N) is 1. The van der Waals surface area contributed by atoms with Gasteiger partial charge in [0.05, 0.1) is 5.69 Å². The molecule has 7 heteroatoms. The highest BCUT2D eigenvalue weighted by molar-refractivity contribution is 6.34. The number of ether oxygens (including phenoxy) is 1. The first-order valence-electron chi connectivity index (χ1n) is 6.64. The number of aromatic nitrogens is 1. The average molecular weight is 334 g/mol. The summed E-state index contributed by atoms with van der Waals surface area (Å²) in [5, 5.41) is 6.56. The van der Waals surface area contributed by atoms with Crippen molar-refractivity contribution < 1.29 is 9.53 Å². The SMILES string of the molecule is Cc1cc(Cl)nc(Cl)c1NC(C)CNC(=O)OC(C)(C)C. The van der Waals surface area contributed by atoms with Crippen molar-refractivity contribution in [3.05, 3.63) is 21.9 Å². The van der Waals surface area contributed by atoms with Gasteiger partial charge < -0.3 is 15.4 Å². The van der Waals surface area contributed by atoms with Crippen LogP contribution < -0.4 is 10.6 Å². The van der Waals surface area contributed by atoms with Crippen molar-refractivity contribution in [2.45, 2.75) is 46.3 Å². The molecule has 5 nitrogen and oxygen atoms in total. The molecule has 1 atom stereocenters. The molecule has 0 spiro atoms. The normalized spacial score (nSPS) is 12.7. The van der Waals surface area contributed by atoms with Crippen LogP contribution in [-0.2, 0) is 4.74 Å². The van der Waals surface area contributed by atoms with Crippen LogP contribution in [0.25, 0.3) is 0 Å². The predicted octanol–water partition coefficient (Wildman–Crippen LogP) is 4.02. The van der Waals surface area contributed by atoms with Gasteiger partial charge in [-0.3, -0.25) is 0 Å². The standard InChI is InChI=1S/C14H21Cl2N3O2/c1-8-6-10(15)19-12(16)11(8)18-9(2)7-17-13(20)21-14(3,4)5/h6,9,18H,7H2,1-5H3,(H,17,20). The number of carbonyl (C=O) groups excluding carboxylic acids is 1. The number of nitrogens with one attached hydrogen (secondary N) is 2. The minimum atomic E-state index is -0.513. The van der Waals surface area contributed by atoms with Gasteiger partial charge in [0.2, 0.25) is 0 Å². The van der Waals surface area contributed by atoms with Gasteiger partial charge in [-0.15, -0.1) is 0 Å². The Morgan fingerprint density at radius 2 is 2.05 bits per heavy atom. The average Bonchev–Trinajstić information content (AvgIpc) is 2.29. The van der Waals surface area contributed by atoms with Crippen molar-refractivity contribution in [3.8, 4) is 0 Å². The van der Waals surface area contributed by atoms with Crippen LogP contribution in [-0.4, -0.2) is 29.3 Å². The smallest absolute Gasteiger partial charge is 0.407 e. The second kappa shape index (κ2) is 7.18. The number of pyridine rings is 1. The Morgan fingerprint density at radius 3 is 2.57 bits per heavy atom. The van der Waals surface area contributed by atoms with Gasteiger partial charge >= 0.3 is 6.09 Å². The zero-order chi connectivity index (χ0) is 16.2. The lowest BCUT2D eigenvalue weighted by molar-refractivity contribution is 0.0526. The minimum absolute atomic E-state index is 0.0447. The lowest BCUT2D eigenvalue weighted by Crippen LogP contribution is -2.38. The molecule has 1 unspecified atom stereocenters. The van der Waals surface area contributed by atoms with Crippen LogP contribution in [0.3, 0.4) is 0 Å². The highest BCUT2D eigenvalue weighted by Gasteiger charge is 2.17. The Labute approximate surface area is 135 Å². The monoisotopic (exact) mass is 333 g/mol. The third kappa shape index (κ3) is 6.40. The van der Waals surface area contributed by atoms with E-state index in [1.807, 2.05) is 34.6 Å². The number of halogens is 2. The van der Waals surface area contributed by atoms with E-state index in [0.717, 1.165) is 5.56 Å². The Morgan fingerprint density at radius 1 is 1.43 bits per heavy atom. The molecule has 0 saturated heterocycles. The number of alkyl carbamates (subject to hydrolysis) is 1. The maximum Gasteiger partial charge on any atom is 0.407 e. The van der Waals surface area contributed by atoms with Crippen molar-refractivity contribution in [1.82, 2.24) is 10.3 Å². The Hall–Kier alpha value is -1.20. The summed E-state index contributed by atoms with van der Waals surface area (Å²) in [6, 6.07) is 1.68. The molecule has 21 heavy (non-hydrogen) atoms. The third-order valence-corrected chi connectivity index (χ3v) is 2.95. The van der Waals surface area contributed by atoms with Crippen molar-refractivity contribution in [2.24, 2.45) is 0 Å². The Kier molecular flexibility index (Phi) is 6.10. The molecular formula is C14H21Cl2N3O2. The van der Waals surface area contributed by atoms with Crippen LogP contribution in [0.15, 0.2) is 6.07 Å². The summed E-state index contributed by atoms with van der Waals surface area (Å²) < 4.78 is 5.17. The van der Waals surface area contributed by atoms with Gasteiger partial charge in [0.1, 0.15) is 10.8 Å². The summed E-state index contributed by atoms with van der Waals surface area (Å²) in [5.41, 5.74) is 1.09. The van der Waals surface area contributed by atoms with Gasteiger partial charge in [0, 0.05) is 12.6 Å². The first-order chi connectivity index (χ1) is 9.58. The molecule has 0 aromatic carbocycles. The molecule has 0 radical (unpaired) electrons. The van der Waals surface area contributed by atoms with Gasteiger partial charge in [-0.05, 0) is 46.2 Å². The molecule has 2 N–H and O–H groups in total.